The third-order valence-electron chi connectivity index (χ3n) is 3.62. The Kier molecular flexibility index (Phi) is 3.33. The van der Waals surface area contributed by atoms with Gasteiger partial charge in [-0.25, -0.2) is 8.42 Å². The molecular formula is C17H17NO2S. The Morgan fingerprint density at radius 3 is 2.57 bits per heavy atom. The standard InChI is InChI=1S/C17H17NO2S/c1-12-3-6-16(7-4-12)21(19,20)11-14-5-8-17-15(10-14)9-13(2)18-17/h3-8,10,18H,2,9,11H2,1H3. The molecule has 3 rings (SSSR count). The smallest absolute Gasteiger partial charge is 0.182 e. The van der Waals surface area contributed by atoms with Crippen LogP contribution in [0.1, 0.15) is 16.7 Å². The van der Waals surface area contributed by atoms with E-state index in [1.807, 2.05) is 37.3 Å². The van der Waals surface area contributed by atoms with E-state index in [4.69, 9.17) is 0 Å². The number of rotatable bonds is 3. The SMILES string of the molecule is C=C1Cc2cc(CS(=O)(=O)c3ccc(C)cc3)ccc2N1. The third kappa shape index (κ3) is 2.85. The molecule has 2 aromatic carbocycles. The Morgan fingerprint density at radius 1 is 1.14 bits per heavy atom. The van der Waals surface area contributed by atoms with Gasteiger partial charge in [-0.3, -0.25) is 0 Å². The monoisotopic (exact) mass is 299 g/mol. The Morgan fingerprint density at radius 2 is 1.86 bits per heavy atom. The molecule has 0 saturated heterocycles. The van der Waals surface area contributed by atoms with Crippen molar-refractivity contribution in [2.24, 2.45) is 0 Å². The van der Waals surface area contributed by atoms with Crippen LogP contribution < -0.4 is 5.32 Å². The minimum Gasteiger partial charge on any atom is -0.359 e. The van der Waals surface area contributed by atoms with Crippen molar-refractivity contribution >= 4 is 15.5 Å². The van der Waals surface area contributed by atoms with Gasteiger partial charge in [0.2, 0.25) is 0 Å². The lowest BCUT2D eigenvalue weighted by molar-refractivity contribution is 0.595. The van der Waals surface area contributed by atoms with Gasteiger partial charge < -0.3 is 5.32 Å². The highest BCUT2D eigenvalue weighted by Crippen LogP contribution is 2.29. The number of aryl methyl sites for hydroxylation is 1. The highest BCUT2D eigenvalue weighted by Gasteiger charge is 2.18. The van der Waals surface area contributed by atoms with Crippen molar-refractivity contribution in [3.8, 4) is 0 Å². The summed E-state index contributed by atoms with van der Waals surface area (Å²) in [6.45, 7) is 5.84. The summed E-state index contributed by atoms with van der Waals surface area (Å²) in [6, 6.07) is 12.7. The fraction of sp³-hybridized carbons (Fsp3) is 0.176. The van der Waals surface area contributed by atoms with E-state index < -0.39 is 9.84 Å². The Labute approximate surface area is 125 Å². The maximum atomic E-state index is 12.4. The lowest BCUT2D eigenvalue weighted by Gasteiger charge is -2.07. The second-order valence-electron chi connectivity index (χ2n) is 5.47. The maximum absolute atomic E-state index is 12.4. The molecule has 0 unspecified atom stereocenters. The zero-order chi connectivity index (χ0) is 15.0. The van der Waals surface area contributed by atoms with Gasteiger partial charge in [-0.05, 0) is 36.2 Å². The summed E-state index contributed by atoms with van der Waals surface area (Å²) in [5.74, 6) is 0.0236. The average Bonchev–Trinajstić information content (AvgIpc) is 2.78. The molecule has 2 aromatic rings. The van der Waals surface area contributed by atoms with E-state index in [9.17, 15) is 8.42 Å². The zero-order valence-corrected chi connectivity index (χ0v) is 12.7. The van der Waals surface area contributed by atoms with Crippen LogP contribution in [0, 0.1) is 6.92 Å². The molecule has 3 nitrogen and oxygen atoms in total. The van der Waals surface area contributed by atoms with Crippen molar-refractivity contribution in [3.05, 3.63) is 71.4 Å². The summed E-state index contributed by atoms with van der Waals surface area (Å²) in [4.78, 5) is 0.371. The molecule has 0 saturated carbocycles. The van der Waals surface area contributed by atoms with Crippen LogP contribution in [0.15, 0.2) is 59.6 Å². The molecule has 4 heteroatoms. The van der Waals surface area contributed by atoms with Gasteiger partial charge in [-0.15, -0.1) is 0 Å². The van der Waals surface area contributed by atoms with Gasteiger partial charge in [0.05, 0.1) is 10.6 Å². The van der Waals surface area contributed by atoms with Crippen molar-refractivity contribution < 1.29 is 8.42 Å². The van der Waals surface area contributed by atoms with Crippen molar-refractivity contribution in [1.29, 1.82) is 0 Å². The zero-order valence-electron chi connectivity index (χ0n) is 11.9. The Bertz CT molecular complexity index is 805. The summed E-state index contributed by atoms with van der Waals surface area (Å²) in [7, 11) is -3.30. The van der Waals surface area contributed by atoms with E-state index in [1.165, 1.54) is 0 Å². The first kappa shape index (κ1) is 13.9. The second kappa shape index (κ2) is 5.04. The molecule has 1 aliphatic rings. The second-order valence-corrected chi connectivity index (χ2v) is 7.46. The molecule has 0 aromatic heterocycles. The van der Waals surface area contributed by atoms with Gasteiger partial charge >= 0.3 is 0 Å². The summed E-state index contributed by atoms with van der Waals surface area (Å²) in [5, 5.41) is 3.18. The van der Waals surface area contributed by atoms with Crippen LogP contribution in [-0.2, 0) is 22.0 Å². The normalized spacial score (nSPS) is 13.9. The van der Waals surface area contributed by atoms with Crippen LogP contribution in [0.25, 0.3) is 0 Å². The number of nitrogens with one attached hydrogen (secondary N) is 1. The summed E-state index contributed by atoms with van der Waals surface area (Å²) in [6.07, 6.45) is 0.758. The summed E-state index contributed by atoms with van der Waals surface area (Å²) < 4.78 is 24.9. The fourth-order valence-corrected chi connectivity index (χ4v) is 3.85. The third-order valence-corrected chi connectivity index (χ3v) is 5.33. The Hall–Kier alpha value is -2.07. The number of allylic oxidation sites excluding steroid dienone is 1. The molecule has 1 aliphatic heterocycles. The first-order valence-electron chi connectivity index (χ1n) is 6.80. The van der Waals surface area contributed by atoms with Crippen LogP contribution in [0.2, 0.25) is 0 Å². The number of benzene rings is 2. The number of anilines is 1. The van der Waals surface area contributed by atoms with Gasteiger partial charge in [-0.2, -0.15) is 0 Å². The molecule has 0 spiro atoms. The lowest BCUT2D eigenvalue weighted by Crippen LogP contribution is -2.05. The molecule has 0 amide bonds. The minimum absolute atomic E-state index is 0.0236. The molecule has 0 bridgehead atoms. The van der Waals surface area contributed by atoms with Crippen LogP contribution in [0.5, 0.6) is 0 Å². The molecule has 108 valence electrons. The van der Waals surface area contributed by atoms with Crippen molar-refractivity contribution in [2.75, 3.05) is 5.32 Å². The first-order valence-corrected chi connectivity index (χ1v) is 8.45. The molecule has 1 heterocycles. The minimum atomic E-state index is -3.30. The topological polar surface area (TPSA) is 46.2 Å². The van der Waals surface area contributed by atoms with Gasteiger partial charge in [0, 0.05) is 17.8 Å². The van der Waals surface area contributed by atoms with Crippen molar-refractivity contribution in [3.63, 3.8) is 0 Å². The molecule has 0 fully saturated rings. The van der Waals surface area contributed by atoms with E-state index in [1.54, 1.807) is 12.1 Å². The van der Waals surface area contributed by atoms with E-state index in [0.29, 0.717) is 4.90 Å². The molecule has 0 radical (unpaired) electrons. The lowest BCUT2D eigenvalue weighted by atomic mass is 10.1. The molecule has 0 atom stereocenters. The van der Waals surface area contributed by atoms with Gasteiger partial charge in [0.25, 0.3) is 0 Å². The predicted molar refractivity (Wildman–Crippen MR) is 85.0 cm³/mol. The number of hydrogen-bond donors (Lipinski definition) is 1. The van der Waals surface area contributed by atoms with E-state index in [-0.39, 0.29) is 5.75 Å². The number of sulfone groups is 1. The van der Waals surface area contributed by atoms with E-state index in [2.05, 4.69) is 11.9 Å². The highest BCUT2D eigenvalue weighted by molar-refractivity contribution is 7.90. The first-order chi connectivity index (χ1) is 9.94. The van der Waals surface area contributed by atoms with Gasteiger partial charge in [0.1, 0.15) is 0 Å². The summed E-state index contributed by atoms with van der Waals surface area (Å²) in [5.41, 5.74) is 4.94. The van der Waals surface area contributed by atoms with Gasteiger partial charge in [0.15, 0.2) is 9.84 Å². The van der Waals surface area contributed by atoms with Gasteiger partial charge in [-0.1, -0.05) is 36.4 Å². The fourth-order valence-electron chi connectivity index (χ4n) is 2.52. The van der Waals surface area contributed by atoms with Crippen LogP contribution in [0.4, 0.5) is 5.69 Å². The molecular weight excluding hydrogens is 282 g/mol. The van der Waals surface area contributed by atoms with Crippen molar-refractivity contribution in [2.45, 2.75) is 24.0 Å². The van der Waals surface area contributed by atoms with E-state index >= 15 is 0 Å². The van der Waals surface area contributed by atoms with Crippen molar-refractivity contribution in [1.82, 2.24) is 0 Å². The average molecular weight is 299 g/mol. The molecule has 0 aliphatic carbocycles. The highest BCUT2D eigenvalue weighted by atomic mass is 32.2. The number of fused-ring (bicyclic) bond motifs is 1. The van der Waals surface area contributed by atoms with Crippen LogP contribution in [0.3, 0.4) is 0 Å². The quantitative estimate of drug-likeness (QED) is 0.944. The largest absolute Gasteiger partial charge is 0.359 e. The van der Waals surface area contributed by atoms with E-state index in [0.717, 1.165) is 34.5 Å². The number of hydrogen-bond acceptors (Lipinski definition) is 3. The molecule has 1 N–H and O–H groups in total. The predicted octanol–water partition coefficient (Wildman–Crippen LogP) is 3.45. The Balaban J connectivity index is 1.88. The maximum Gasteiger partial charge on any atom is 0.182 e. The van der Waals surface area contributed by atoms with Crippen LogP contribution >= 0.6 is 0 Å². The molecule has 21 heavy (non-hydrogen) atoms. The summed E-state index contributed by atoms with van der Waals surface area (Å²) >= 11 is 0. The van der Waals surface area contributed by atoms with Crippen LogP contribution in [-0.4, -0.2) is 8.42 Å².